The van der Waals surface area contributed by atoms with E-state index in [-0.39, 0.29) is 22.2 Å². The van der Waals surface area contributed by atoms with Gasteiger partial charge in [0.15, 0.2) is 5.78 Å². The van der Waals surface area contributed by atoms with Crippen molar-refractivity contribution < 1.29 is 14.3 Å². The fourth-order valence-corrected chi connectivity index (χ4v) is 1.82. The molecule has 0 aromatic heterocycles. The summed E-state index contributed by atoms with van der Waals surface area (Å²) in [6.45, 7) is 2.24. The molecule has 1 aromatic rings. The largest absolute Gasteiger partial charge is 0.493 e. The van der Waals surface area contributed by atoms with Gasteiger partial charge >= 0.3 is 0 Å². The van der Waals surface area contributed by atoms with Crippen LogP contribution in [0.2, 0.25) is 0 Å². The molecule has 2 rings (SSSR count). The second-order valence-electron chi connectivity index (χ2n) is 3.30. The number of carbonyl (C=O) groups is 2. The van der Waals surface area contributed by atoms with E-state index in [9.17, 15) is 9.59 Å². The van der Waals surface area contributed by atoms with E-state index in [2.05, 4.69) is 0 Å². The molecule has 0 spiro atoms. The van der Waals surface area contributed by atoms with Crippen LogP contribution < -0.4 is 4.74 Å². The fourth-order valence-electron chi connectivity index (χ4n) is 1.62. The van der Waals surface area contributed by atoms with E-state index in [1.165, 1.54) is 0 Å². The Labute approximate surface area is 97.7 Å². The monoisotopic (exact) mass is 236 g/mol. The van der Waals surface area contributed by atoms with Crippen molar-refractivity contribution in [1.29, 1.82) is 0 Å². The quantitative estimate of drug-likeness (QED) is 0.793. The molecule has 0 saturated carbocycles. The molecular formula is C12H9ClO3. The van der Waals surface area contributed by atoms with Crippen molar-refractivity contribution in [1.82, 2.24) is 0 Å². The van der Waals surface area contributed by atoms with Gasteiger partial charge in [-0.25, -0.2) is 0 Å². The molecule has 0 aliphatic heterocycles. The average Bonchev–Trinajstić information content (AvgIpc) is 2.26. The number of ether oxygens (including phenoxy) is 1. The summed E-state index contributed by atoms with van der Waals surface area (Å²) in [5.41, 5.74) is 0.613. The van der Waals surface area contributed by atoms with Crippen molar-refractivity contribution in [2.75, 3.05) is 6.61 Å². The van der Waals surface area contributed by atoms with E-state index in [0.29, 0.717) is 17.9 Å². The molecule has 1 aromatic carbocycles. The Balaban J connectivity index is 2.63. The highest BCUT2D eigenvalue weighted by Gasteiger charge is 2.27. The molecule has 0 heterocycles. The van der Waals surface area contributed by atoms with Gasteiger partial charge in [0.25, 0.3) is 0 Å². The first-order valence-corrected chi connectivity index (χ1v) is 5.25. The summed E-state index contributed by atoms with van der Waals surface area (Å²) in [4.78, 5) is 23.5. The summed E-state index contributed by atoms with van der Waals surface area (Å²) >= 11 is 5.70. The molecule has 0 radical (unpaired) electrons. The lowest BCUT2D eigenvalue weighted by atomic mass is 9.94. The van der Waals surface area contributed by atoms with E-state index in [4.69, 9.17) is 16.3 Å². The van der Waals surface area contributed by atoms with Gasteiger partial charge in [0.2, 0.25) is 5.78 Å². The lowest BCUT2D eigenvalue weighted by molar-refractivity contribution is 0.0987. The molecule has 0 N–H and O–H groups in total. The van der Waals surface area contributed by atoms with E-state index in [1.807, 2.05) is 6.92 Å². The van der Waals surface area contributed by atoms with E-state index < -0.39 is 0 Å². The van der Waals surface area contributed by atoms with E-state index >= 15 is 0 Å². The minimum atomic E-state index is -0.361. The maximum atomic E-state index is 11.8. The number of halogens is 1. The molecule has 82 valence electrons. The molecule has 0 amide bonds. The normalized spacial score (nSPS) is 14.5. The summed E-state index contributed by atoms with van der Waals surface area (Å²) in [7, 11) is 0. The summed E-state index contributed by atoms with van der Waals surface area (Å²) in [5.74, 6) is -0.217. The number of carbonyl (C=O) groups excluding carboxylic acids is 2. The van der Waals surface area contributed by atoms with Crippen molar-refractivity contribution in [3.05, 3.63) is 40.4 Å². The smallest absolute Gasteiger partial charge is 0.208 e. The first-order chi connectivity index (χ1) is 7.65. The maximum absolute atomic E-state index is 11.8. The second-order valence-corrected chi connectivity index (χ2v) is 3.70. The minimum absolute atomic E-state index is 0.0651. The minimum Gasteiger partial charge on any atom is -0.493 e. The van der Waals surface area contributed by atoms with Crippen LogP contribution >= 0.6 is 11.6 Å². The highest BCUT2D eigenvalue weighted by Crippen LogP contribution is 2.30. The number of benzene rings is 1. The Hall–Kier alpha value is -1.61. The Kier molecular flexibility index (Phi) is 2.79. The summed E-state index contributed by atoms with van der Waals surface area (Å²) in [5, 5.41) is -0.0651. The lowest BCUT2D eigenvalue weighted by Gasteiger charge is -2.15. The number of hydrogen-bond donors (Lipinski definition) is 0. The molecule has 0 unspecified atom stereocenters. The number of allylic oxidation sites excluding steroid dienone is 2. The third kappa shape index (κ3) is 1.63. The zero-order chi connectivity index (χ0) is 11.7. The van der Waals surface area contributed by atoms with Crippen LogP contribution in [0, 0.1) is 0 Å². The second kappa shape index (κ2) is 4.10. The molecule has 0 saturated heterocycles. The Morgan fingerprint density at radius 2 is 2.06 bits per heavy atom. The van der Waals surface area contributed by atoms with Crippen molar-refractivity contribution in [2.45, 2.75) is 6.92 Å². The van der Waals surface area contributed by atoms with Crippen LogP contribution in [0.4, 0.5) is 0 Å². The summed E-state index contributed by atoms with van der Waals surface area (Å²) < 4.78 is 5.31. The van der Waals surface area contributed by atoms with Crippen molar-refractivity contribution in [3.63, 3.8) is 0 Å². The number of ketones is 2. The number of hydrogen-bond acceptors (Lipinski definition) is 3. The van der Waals surface area contributed by atoms with Gasteiger partial charge in [-0.1, -0.05) is 23.7 Å². The van der Waals surface area contributed by atoms with E-state index in [1.54, 1.807) is 18.2 Å². The topological polar surface area (TPSA) is 43.4 Å². The van der Waals surface area contributed by atoms with Gasteiger partial charge in [0, 0.05) is 11.6 Å². The first-order valence-electron chi connectivity index (χ1n) is 4.87. The highest BCUT2D eigenvalue weighted by atomic mass is 35.5. The third-order valence-electron chi connectivity index (χ3n) is 2.29. The van der Waals surface area contributed by atoms with Crippen LogP contribution in [0.15, 0.2) is 29.3 Å². The van der Waals surface area contributed by atoms with Gasteiger partial charge < -0.3 is 4.74 Å². The molecule has 1 aliphatic carbocycles. The molecule has 0 fully saturated rings. The molecule has 16 heavy (non-hydrogen) atoms. The first kappa shape index (κ1) is 10.9. The van der Waals surface area contributed by atoms with Gasteiger partial charge in [0.05, 0.1) is 17.2 Å². The van der Waals surface area contributed by atoms with Gasteiger partial charge in [-0.3, -0.25) is 9.59 Å². The standard InChI is InChI=1S/C12H9ClO3/c1-2-16-10-5-3-4-7-9(14)6-8(13)12(15)11(7)10/h3-6H,2H2,1H3. The predicted octanol–water partition coefficient (Wildman–Crippen LogP) is 2.59. The molecular weight excluding hydrogens is 228 g/mol. The number of Topliss-reactive ketones (excluding diaryl/α,β-unsaturated/α-hetero) is 1. The van der Waals surface area contributed by atoms with Crippen molar-refractivity contribution in [2.24, 2.45) is 0 Å². The predicted molar refractivity (Wildman–Crippen MR) is 60.2 cm³/mol. The molecule has 3 nitrogen and oxygen atoms in total. The van der Waals surface area contributed by atoms with Crippen molar-refractivity contribution >= 4 is 23.2 Å². The highest BCUT2D eigenvalue weighted by molar-refractivity contribution is 6.49. The van der Waals surface area contributed by atoms with Crippen LogP contribution in [-0.2, 0) is 0 Å². The molecule has 1 aliphatic rings. The average molecular weight is 237 g/mol. The zero-order valence-electron chi connectivity index (χ0n) is 8.62. The fraction of sp³-hybridized carbons (Fsp3) is 0.167. The maximum Gasteiger partial charge on any atom is 0.208 e. The van der Waals surface area contributed by atoms with Gasteiger partial charge in [-0.15, -0.1) is 0 Å². The third-order valence-corrected chi connectivity index (χ3v) is 2.57. The van der Waals surface area contributed by atoms with Crippen LogP contribution in [0.1, 0.15) is 27.6 Å². The van der Waals surface area contributed by atoms with E-state index in [0.717, 1.165) is 6.08 Å². The Bertz CT molecular complexity index is 503. The van der Waals surface area contributed by atoms with Crippen molar-refractivity contribution in [3.8, 4) is 5.75 Å². The van der Waals surface area contributed by atoms with Crippen LogP contribution in [0.3, 0.4) is 0 Å². The van der Waals surface area contributed by atoms with Gasteiger partial charge in [0.1, 0.15) is 5.75 Å². The molecule has 4 heteroatoms. The van der Waals surface area contributed by atoms with Crippen LogP contribution in [0.5, 0.6) is 5.75 Å². The summed E-state index contributed by atoms with van der Waals surface area (Å²) in [6, 6.07) is 4.93. The zero-order valence-corrected chi connectivity index (χ0v) is 9.38. The SMILES string of the molecule is CCOc1cccc2c1C(=O)C(Cl)=CC2=O. The Morgan fingerprint density at radius 3 is 2.75 bits per heavy atom. The summed E-state index contributed by atoms with van der Waals surface area (Å²) in [6.07, 6.45) is 1.14. The van der Waals surface area contributed by atoms with Gasteiger partial charge in [-0.05, 0) is 13.0 Å². The van der Waals surface area contributed by atoms with Crippen LogP contribution in [0.25, 0.3) is 0 Å². The van der Waals surface area contributed by atoms with Gasteiger partial charge in [-0.2, -0.15) is 0 Å². The molecule has 0 atom stereocenters. The molecule has 0 bridgehead atoms. The lowest BCUT2D eigenvalue weighted by Crippen LogP contribution is -2.16. The van der Waals surface area contributed by atoms with Crippen LogP contribution in [-0.4, -0.2) is 18.2 Å². The Morgan fingerprint density at radius 1 is 1.31 bits per heavy atom. The number of rotatable bonds is 2. The number of fused-ring (bicyclic) bond motifs is 1.